The highest BCUT2D eigenvalue weighted by atomic mass is 16.5. The summed E-state index contributed by atoms with van der Waals surface area (Å²) in [4.78, 5) is 21.6. The molecule has 0 aliphatic heterocycles. The molecule has 0 rings (SSSR count). The van der Waals surface area contributed by atoms with E-state index in [2.05, 4.69) is 4.74 Å². The van der Waals surface area contributed by atoms with Gasteiger partial charge >= 0.3 is 5.97 Å². The molecule has 0 bridgehead atoms. The molecule has 0 amide bonds. The Hall–Kier alpha value is -1.38. The van der Waals surface area contributed by atoms with Gasteiger partial charge in [0.05, 0.1) is 7.11 Å². The second-order valence-electron chi connectivity index (χ2n) is 2.44. The fourth-order valence-electron chi connectivity index (χ4n) is 0.687. The Morgan fingerprint density at radius 2 is 1.85 bits per heavy atom. The average Bonchev–Trinajstić information content (AvgIpc) is 2.14. The highest BCUT2D eigenvalue weighted by Gasteiger charge is 1.96. The third-order valence-electron chi connectivity index (χ3n) is 1.38. The zero-order valence-electron chi connectivity index (χ0n) is 7.95. The number of carbonyl (C=O) groups is 2. The van der Waals surface area contributed by atoms with Gasteiger partial charge in [-0.05, 0) is 6.92 Å². The van der Waals surface area contributed by atoms with Crippen LogP contribution in [0, 0.1) is 0 Å². The van der Waals surface area contributed by atoms with Gasteiger partial charge in [-0.3, -0.25) is 4.79 Å². The minimum atomic E-state index is -0.432. The van der Waals surface area contributed by atoms with Gasteiger partial charge in [0.15, 0.2) is 0 Å². The minimum Gasteiger partial charge on any atom is -0.466 e. The summed E-state index contributed by atoms with van der Waals surface area (Å²) in [6, 6.07) is 0. The van der Waals surface area contributed by atoms with Crippen molar-refractivity contribution in [3.63, 3.8) is 0 Å². The van der Waals surface area contributed by atoms with Crippen LogP contribution in [-0.2, 0) is 14.3 Å². The monoisotopic (exact) mass is 182 g/mol. The summed E-state index contributed by atoms with van der Waals surface area (Å²) in [5, 5.41) is 0. The zero-order chi connectivity index (χ0) is 10.1. The number of ether oxygens (including phenoxy) is 1. The molecule has 0 aliphatic carbocycles. The lowest BCUT2D eigenvalue weighted by molar-refractivity contribution is -0.134. The van der Waals surface area contributed by atoms with Crippen LogP contribution in [0.2, 0.25) is 0 Å². The minimum absolute atomic E-state index is 0.0817. The molecule has 0 saturated carbocycles. The van der Waals surface area contributed by atoms with Crippen LogP contribution < -0.4 is 0 Å². The molecule has 0 unspecified atom stereocenters. The lowest BCUT2D eigenvalue weighted by Crippen LogP contribution is -1.96. The van der Waals surface area contributed by atoms with Gasteiger partial charge in [0.25, 0.3) is 0 Å². The molecule has 0 heterocycles. The summed E-state index contributed by atoms with van der Waals surface area (Å²) >= 11 is 0. The normalized spacial score (nSPS) is 10.9. The first-order chi connectivity index (χ1) is 6.20. The fourth-order valence-corrected chi connectivity index (χ4v) is 0.687. The number of allylic oxidation sites excluding steroid dienone is 3. The molecule has 13 heavy (non-hydrogen) atoms. The summed E-state index contributed by atoms with van der Waals surface area (Å²) in [5.41, 5.74) is 0. The van der Waals surface area contributed by atoms with Crippen molar-refractivity contribution in [2.45, 2.75) is 19.8 Å². The number of rotatable bonds is 5. The van der Waals surface area contributed by atoms with E-state index in [9.17, 15) is 9.59 Å². The van der Waals surface area contributed by atoms with E-state index >= 15 is 0 Å². The van der Waals surface area contributed by atoms with Crippen LogP contribution in [0.3, 0.4) is 0 Å². The number of hydrogen-bond acceptors (Lipinski definition) is 3. The van der Waals surface area contributed by atoms with Crippen molar-refractivity contribution in [2.75, 3.05) is 7.11 Å². The van der Waals surface area contributed by atoms with Crippen LogP contribution in [0.5, 0.6) is 0 Å². The molecular weight excluding hydrogens is 168 g/mol. The summed E-state index contributed by atoms with van der Waals surface area (Å²) < 4.78 is 4.36. The van der Waals surface area contributed by atoms with E-state index in [1.807, 2.05) is 13.0 Å². The Kier molecular flexibility index (Phi) is 6.51. The maximum Gasteiger partial charge on any atom is 0.330 e. The van der Waals surface area contributed by atoms with Gasteiger partial charge in [-0.2, -0.15) is 0 Å². The van der Waals surface area contributed by atoms with Gasteiger partial charge in [0, 0.05) is 18.9 Å². The Bertz CT molecular complexity index is 226. The SMILES string of the molecule is C/C=C/CC(=O)C/C=C/C(=O)OC. The van der Waals surface area contributed by atoms with E-state index in [-0.39, 0.29) is 12.2 Å². The van der Waals surface area contributed by atoms with Gasteiger partial charge in [-0.15, -0.1) is 0 Å². The van der Waals surface area contributed by atoms with Gasteiger partial charge < -0.3 is 4.74 Å². The highest BCUT2D eigenvalue weighted by Crippen LogP contribution is 1.93. The maximum atomic E-state index is 11.0. The topological polar surface area (TPSA) is 43.4 Å². The molecule has 0 fully saturated rings. The number of ketones is 1. The molecule has 0 spiro atoms. The molecule has 0 aromatic carbocycles. The molecule has 3 heteroatoms. The summed E-state index contributed by atoms with van der Waals surface area (Å²) in [6.45, 7) is 1.86. The second kappa shape index (κ2) is 7.28. The van der Waals surface area contributed by atoms with E-state index in [1.54, 1.807) is 6.08 Å². The Morgan fingerprint density at radius 3 is 2.38 bits per heavy atom. The van der Waals surface area contributed by atoms with Gasteiger partial charge in [0.1, 0.15) is 5.78 Å². The van der Waals surface area contributed by atoms with Crippen molar-refractivity contribution in [2.24, 2.45) is 0 Å². The lowest BCUT2D eigenvalue weighted by Gasteiger charge is -1.90. The van der Waals surface area contributed by atoms with Crippen LogP contribution in [0.25, 0.3) is 0 Å². The number of methoxy groups -OCH3 is 1. The van der Waals surface area contributed by atoms with Crippen molar-refractivity contribution < 1.29 is 14.3 Å². The van der Waals surface area contributed by atoms with Gasteiger partial charge in [0.2, 0.25) is 0 Å². The molecule has 0 atom stereocenters. The first kappa shape index (κ1) is 11.6. The number of hydrogen-bond donors (Lipinski definition) is 0. The third kappa shape index (κ3) is 7.00. The molecular formula is C10H14O3. The van der Waals surface area contributed by atoms with E-state index in [0.29, 0.717) is 6.42 Å². The largest absolute Gasteiger partial charge is 0.466 e. The van der Waals surface area contributed by atoms with Crippen LogP contribution >= 0.6 is 0 Å². The predicted octanol–water partition coefficient (Wildman–Crippen LogP) is 1.64. The van der Waals surface area contributed by atoms with E-state index in [1.165, 1.54) is 19.3 Å². The smallest absolute Gasteiger partial charge is 0.330 e. The molecule has 0 N–H and O–H groups in total. The molecule has 3 nitrogen and oxygen atoms in total. The molecule has 0 aromatic rings. The van der Waals surface area contributed by atoms with Crippen LogP contribution in [0.4, 0.5) is 0 Å². The summed E-state index contributed by atoms with van der Waals surface area (Å²) in [7, 11) is 1.30. The van der Waals surface area contributed by atoms with Crippen LogP contribution in [0.1, 0.15) is 19.8 Å². The number of esters is 1. The number of Topliss-reactive ketones (excluding diaryl/α,β-unsaturated/α-hetero) is 1. The Labute approximate surface area is 78.1 Å². The van der Waals surface area contributed by atoms with Crippen molar-refractivity contribution in [1.29, 1.82) is 0 Å². The predicted molar refractivity (Wildman–Crippen MR) is 50.2 cm³/mol. The van der Waals surface area contributed by atoms with E-state index < -0.39 is 5.97 Å². The first-order valence-corrected chi connectivity index (χ1v) is 4.08. The highest BCUT2D eigenvalue weighted by molar-refractivity contribution is 5.85. The third-order valence-corrected chi connectivity index (χ3v) is 1.38. The van der Waals surface area contributed by atoms with Gasteiger partial charge in [-0.25, -0.2) is 4.79 Å². The Morgan fingerprint density at radius 1 is 1.23 bits per heavy atom. The van der Waals surface area contributed by atoms with Crippen molar-refractivity contribution in [3.05, 3.63) is 24.3 Å². The fraction of sp³-hybridized carbons (Fsp3) is 0.400. The molecule has 0 aliphatic rings. The van der Waals surface area contributed by atoms with Crippen LogP contribution in [-0.4, -0.2) is 18.9 Å². The molecule has 0 aromatic heterocycles. The standard InChI is InChI=1S/C10H14O3/c1-3-4-6-9(11)7-5-8-10(12)13-2/h3-5,8H,6-7H2,1-2H3/b4-3+,8-5+. The molecule has 0 radical (unpaired) electrons. The van der Waals surface area contributed by atoms with Crippen molar-refractivity contribution >= 4 is 11.8 Å². The van der Waals surface area contributed by atoms with E-state index in [0.717, 1.165) is 0 Å². The summed E-state index contributed by atoms with van der Waals surface area (Å²) in [5.74, 6) is -0.350. The Balaban J connectivity index is 3.69. The lowest BCUT2D eigenvalue weighted by atomic mass is 10.2. The van der Waals surface area contributed by atoms with Crippen molar-refractivity contribution in [1.82, 2.24) is 0 Å². The number of carbonyl (C=O) groups excluding carboxylic acids is 2. The molecule has 0 saturated heterocycles. The summed E-state index contributed by atoms with van der Waals surface area (Å²) in [6.07, 6.45) is 7.07. The first-order valence-electron chi connectivity index (χ1n) is 4.08. The average molecular weight is 182 g/mol. The molecule has 72 valence electrons. The van der Waals surface area contributed by atoms with Gasteiger partial charge in [-0.1, -0.05) is 18.2 Å². The van der Waals surface area contributed by atoms with E-state index in [4.69, 9.17) is 0 Å². The van der Waals surface area contributed by atoms with Crippen molar-refractivity contribution in [3.8, 4) is 0 Å². The maximum absolute atomic E-state index is 11.0. The quantitative estimate of drug-likeness (QED) is 0.369. The van der Waals surface area contributed by atoms with Crippen LogP contribution in [0.15, 0.2) is 24.3 Å². The zero-order valence-corrected chi connectivity index (χ0v) is 7.95. The second-order valence-corrected chi connectivity index (χ2v) is 2.44.